The second-order valence-electron chi connectivity index (χ2n) is 6.12. The van der Waals surface area contributed by atoms with Gasteiger partial charge in [0.1, 0.15) is 6.04 Å². The largest absolute Gasteiger partial charge is 0.466 e. The normalized spacial score (nSPS) is 11.5. The summed E-state index contributed by atoms with van der Waals surface area (Å²) >= 11 is 0. The van der Waals surface area contributed by atoms with Crippen molar-refractivity contribution in [3.8, 4) is 0 Å². The van der Waals surface area contributed by atoms with E-state index in [1.807, 2.05) is 30.3 Å². The number of hydrogen-bond acceptors (Lipinski definition) is 4. The highest BCUT2D eigenvalue weighted by Gasteiger charge is 2.22. The van der Waals surface area contributed by atoms with Crippen LogP contribution in [0.15, 0.2) is 30.3 Å². The molecule has 0 saturated carbocycles. The number of carbonyl (C=O) groups excluding carboxylic acids is 3. The van der Waals surface area contributed by atoms with Gasteiger partial charge in [-0.1, -0.05) is 50.1 Å². The third kappa shape index (κ3) is 9.20. The van der Waals surface area contributed by atoms with Gasteiger partial charge in [0.25, 0.3) is 0 Å². The van der Waals surface area contributed by atoms with Crippen LogP contribution < -0.4 is 10.6 Å². The maximum absolute atomic E-state index is 12.4. The first-order valence-electron chi connectivity index (χ1n) is 9.33. The van der Waals surface area contributed by atoms with Crippen molar-refractivity contribution in [1.29, 1.82) is 0 Å². The number of benzene rings is 1. The summed E-state index contributed by atoms with van der Waals surface area (Å²) in [6, 6.07) is 8.59. The van der Waals surface area contributed by atoms with Gasteiger partial charge >= 0.3 is 5.97 Å². The van der Waals surface area contributed by atoms with Gasteiger partial charge in [-0.05, 0) is 25.3 Å². The molecule has 0 spiro atoms. The first-order valence-corrected chi connectivity index (χ1v) is 9.33. The van der Waals surface area contributed by atoms with Crippen molar-refractivity contribution in [2.45, 2.75) is 58.4 Å². The van der Waals surface area contributed by atoms with E-state index in [1.165, 1.54) is 0 Å². The molecule has 1 atom stereocenters. The number of carbonyl (C=O) groups is 3. The standard InChI is InChI=1S/C20H30N2O4/c1-3-5-9-14-21-20(25)17(12-13-19(24)26-4-2)22-18(23)15-16-10-7-6-8-11-16/h6-8,10-11,17H,3-5,9,12-15H2,1-2H3,(H,21,25)(H,22,23)/t17-/m1/s1. The Morgan fingerprint density at radius 3 is 2.46 bits per heavy atom. The van der Waals surface area contributed by atoms with E-state index in [1.54, 1.807) is 6.92 Å². The summed E-state index contributed by atoms with van der Waals surface area (Å²) in [5.41, 5.74) is 0.873. The first-order chi connectivity index (χ1) is 12.6. The van der Waals surface area contributed by atoms with Gasteiger partial charge in [-0.25, -0.2) is 0 Å². The van der Waals surface area contributed by atoms with E-state index in [2.05, 4.69) is 17.6 Å². The number of rotatable bonds is 12. The van der Waals surface area contributed by atoms with Gasteiger partial charge in [-0.2, -0.15) is 0 Å². The summed E-state index contributed by atoms with van der Waals surface area (Å²) in [7, 11) is 0. The van der Waals surface area contributed by atoms with E-state index in [9.17, 15) is 14.4 Å². The topological polar surface area (TPSA) is 84.5 Å². The Balaban J connectivity index is 2.58. The molecule has 6 nitrogen and oxygen atoms in total. The first kappa shape index (κ1) is 21.7. The molecule has 0 heterocycles. The van der Waals surface area contributed by atoms with Crippen molar-refractivity contribution >= 4 is 17.8 Å². The molecule has 0 aliphatic carbocycles. The van der Waals surface area contributed by atoms with E-state index < -0.39 is 6.04 Å². The van der Waals surface area contributed by atoms with Crippen molar-refractivity contribution in [1.82, 2.24) is 10.6 Å². The predicted octanol–water partition coefficient (Wildman–Crippen LogP) is 2.36. The average Bonchev–Trinajstić information content (AvgIpc) is 2.63. The smallest absolute Gasteiger partial charge is 0.305 e. The summed E-state index contributed by atoms with van der Waals surface area (Å²) in [6.07, 6.45) is 3.50. The molecule has 0 aromatic heterocycles. The fourth-order valence-electron chi connectivity index (χ4n) is 2.50. The van der Waals surface area contributed by atoms with Crippen LogP contribution in [0.5, 0.6) is 0 Å². The monoisotopic (exact) mass is 362 g/mol. The molecule has 0 bridgehead atoms. The summed E-state index contributed by atoms with van der Waals surface area (Å²) in [4.78, 5) is 36.2. The lowest BCUT2D eigenvalue weighted by Gasteiger charge is -2.18. The van der Waals surface area contributed by atoms with Crippen LogP contribution in [-0.2, 0) is 25.5 Å². The number of esters is 1. The second-order valence-corrected chi connectivity index (χ2v) is 6.12. The van der Waals surface area contributed by atoms with E-state index >= 15 is 0 Å². The molecule has 6 heteroatoms. The molecule has 1 rings (SSSR count). The van der Waals surface area contributed by atoms with E-state index in [0.29, 0.717) is 13.2 Å². The SMILES string of the molecule is CCCCCNC(=O)[C@@H](CCC(=O)OCC)NC(=O)Cc1ccccc1. The molecular weight excluding hydrogens is 332 g/mol. The van der Waals surface area contributed by atoms with Crippen molar-refractivity contribution in [3.63, 3.8) is 0 Å². The zero-order valence-corrected chi connectivity index (χ0v) is 15.8. The third-order valence-corrected chi connectivity index (χ3v) is 3.88. The third-order valence-electron chi connectivity index (χ3n) is 3.88. The van der Waals surface area contributed by atoms with Gasteiger partial charge in [0.05, 0.1) is 13.0 Å². The Morgan fingerprint density at radius 1 is 1.08 bits per heavy atom. The van der Waals surface area contributed by atoms with Gasteiger partial charge in [0, 0.05) is 13.0 Å². The molecule has 2 amide bonds. The number of ether oxygens (including phenoxy) is 1. The minimum Gasteiger partial charge on any atom is -0.466 e. The van der Waals surface area contributed by atoms with Gasteiger partial charge < -0.3 is 15.4 Å². The lowest BCUT2D eigenvalue weighted by Crippen LogP contribution is -2.47. The van der Waals surface area contributed by atoms with Crippen LogP contribution >= 0.6 is 0 Å². The fourth-order valence-corrected chi connectivity index (χ4v) is 2.50. The Morgan fingerprint density at radius 2 is 1.81 bits per heavy atom. The minimum atomic E-state index is -0.739. The number of amides is 2. The number of hydrogen-bond donors (Lipinski definition) is 2. The fraction of sp³-hybridized carbons (Fsp3) is 0.550. The van der Waals surface area contributed by atoms with Gasteiger partial charge in [-0.15, -0.1) is 0 Å². The van der Waals surface area contributed by atoms with Gasteiger partial charge in [0.2, 0.25) is 11.8 Å². The van der Waals surface area contributed by atoms with Crippen LogP contribution in [0.25, 0.3) is 0 Å². The van der Waals surface area contributed by atoms with Crippen molar-refractivity contribution in [3.05, 3.63) is 35.9 Å². The molecule has 0 saturated heterocycles. The van der Waals surface area contributed by atoms with Crippen LogP contribution in [0.1, 0.15) is 51.5 Å². The molecule has 1 aromatic rings. The number of nitrogens with one attached hydrogen (secondary N) is 2. The van der Waals surface area contributed by atoms with Crippen LogP contribution in [0.2, 0.25) is 0 Å². The summed E-state index contributed by atoms with van der Waals surface area (Å²) in [5, 5.41) is 5.58. The molecule has 0 aliphatic rings. The Hall–Kier alpha value is -2.37. The van der Waals surface area contributed by atoms with Crippen molar-refractivity contribution < 1.29 is 19.1 Å². The lowest BCUT2D eigenvalue weighted by molar-refractivity contribution is -0.143. The quantitative estimate of drug-likeness (QED) is 0.442. The maximum Gasteiger partial charge on any atom is 0.305 e. The van der Waals surface area contributed by atoms with Crippen LogP contribution in [0.4, 0.5) is 0 Å². The predicted molar refractivity (Wildman–Crippen MR) is 100 cm³/mol. The highest BCUT2D eigenvalue weighted by atomic mass is 16.5. The summed E-state index contributed by atoms with van der Waals surface area (Å²) < 4.78 is 4.90. The highest BCUT2D eigenvalue weighted by molar-refractivity contribution is 5.88. The highest BCUT2D eigenvalue weighted by Crippen LogP contribution is 2.04. The van der Waals surface area contributed by atoms with Crippen LogP contribution in [-0.4, -0.2) is 37.0 Å². The minimum absolute atomic E-state index is 0.0898. The summed E-state index contributed by atoms with van der Waals surface area (Å²) in [6.45, 7) is 4.69. The van der Waals surface area contributed by atoms with E-state index in [-0.39, 0.29) is 37.0 Å². The molecular formula is C20H30N2O4. The number of unbranched alkanes of at least 4 members (excludes halogenated alkanes) is 2. The second kappa shape index (κ2) is 12.9. The summed E-state index contributed by atoms with van der Waals surface area (Å²) in [5.74, 6) is -0.867. The maximum atomic E-state index is 12.4. The van der Waals surface area contributed by atoms with Gasteiger partial charge in [0.15, 0.2) is 0 Å². The van der Waals surface area contributed by atoms with E-state index in [0.717, 1.165) is 24.8 Å². The lowest BCUT2D eigenvalue weighted by atomic mass is 10.1. The zero-order chi connectivity index (χ0) is 19.2. The zero-order valence-electron chi connectivity index (χ0n) is 15.8. The molecule has 1 aromatic carbocycles. The Kier molecular flexibility index (Phi) is 10.8. The van der Waals surface area contributed by atoms with Crippen LogP contribution in [0, 0.1) is 0 Å². The Labute approximate surface area is 155 Å². The van der Waals surface area contributed by atoms with E-state index in [4.69, 9.17) is 4.74 Å². The van der Waals surface area contributed by atoms with Crippen LogP contribution in [0.3, 0.4) is 0 Å². The molecule has 0 radical (unpaired) electrons. The van der Waals surface area contributed by atoms with Crippen molar-refractivity contribution in [2.75, 3.05) is 13.2 Å². The average molecular weight is 362 g/mol. The Bertz CT molecular complexity index is 560. The molecule has 0 unspecified atom stereocenters. The van der Waals surface area contributed by atoms with Gasteiger partial charge in [-0.3, -0.25) is 14.4 Å². The molecule has 0 fully saturated rings. The molecule has 0 aliphatic heterocycles. The van der Waals surface area contributed by atoms with Crippen molar-refractivity contribution in [2.24, 2.45) is 0 Å². The molecule has 144 valence electrons. The molecule has 26 heavy (non-hydrogen) atoms. The molecule has 2 N–H and O–H groups in total.